The summed E-state index contributed by atoms with van der Waals surface area (Å²) in [6.45, 7) is 5.68. The Morgan fingerprint density at radius 3 is 2.72 bits per heavy atom. The lowest BCUT2D eigenvalue weighted by atomic mass is 10.1. The van der Waals surface area contributed by atoms with E-state index < -0.39 is 5.25 Å². The standard InChI is InChI=1S/C22H21N3O3S/c1-12-9-10-13(2)17(11-12)25-20(26)19-18(15-7-5-6-8-16(15)23-19)24-22(25)29-14(3)21(27)28-4/h5-11,14,23H,1-4H3/t14-/m1/s1. The van der Waals surface area contributed by atoms with Crippen LogP contribution in [0.25, 0.3) is 27.6 Å². The van der Waals surface area contributed by atoms with Crippen LogP contribution < -0.4 is 5.56 Å². The minimum Gasteiger partial charge on any atom is -0.468 e. The first kappa shape index (κ1) is 19.3. The Kier molecular flexibility index (Phi) is 4.92. The van der Waals surface area contributed by atoms with Crippen molar-refractivity contribution in [2.45, 2.75) is 31.2 Å². The molecule has 0 saturated heterocycles. The molecule has 0 bridgehead atoms. The van der Waals surface area contributed by atoms with Crippen molar-refractivity contribution < 1.29 is 9.53 Å². The van der Waals surface area contributed by atoms with Gasteiger partial charge in [-0.25, -0.2) is 4.98 Å². The van der Waals surface area contributed by atoms with Gasteiger partial charge in [-0.15, -0.1) is 0 Å². The lowest BCUT2D eigenvalue weighted by Crippen LogP contribution is -2.24. The number of nitrogens with zero attached hydrogens (tertiary/aromatic N) is 2. The van der Waals surface area contributed by atoms with Crippen molar-refractivity contribution >= 4 is 39.7 Å². The second-order valence-electron chi connectivity index (χ2n) is 7.00. The third kappa shape index (κ3) is 3.31. The molecule has 0 aliphatic heterocycles. The average Bonchev–Trinajstić information content (AvgIpc) is 3.09. The molecule has 4 rings (SSSR count). The van der Waals surface area contributed by atoms with Crippen molar-refractivity contribution in [2.24, 2.45) is 0 Å². The van der Waals surface area contributed by atoms with Crippen molar-refractivity contribution in [1.82, 2.24) is 14.5 Å². The van der Waals surface area contributed by atoms with Gasteiger partial charge in [-0.05, 0) is 44.0 Å². The summed E-state index contributed by atoms with van der Waals surface area (Å²) >= 11 is 1.22. The smallest absolute Gasteiger partial charge is 0.318 e. The van der Waals surface area contributed by atoms with Gasteiger partial charge in [-0.3, -0.25) is 14.2 Å². The summed E-state index contributed by atoms with van der Waals surface area (Å²) in [6, 6.07) is 13.6. The molecule has 0 aliphatic carbocycles. The second-order valence-corrected chi connectivity index (χ2v) is 8.31. The van der Waals surface area contributed by atoms with Gasteiger partial charge < -0.3 is 9.72 Å². The lowest BCUT2D eigenvalue weighted by molar-refractivity contribution is -0.139. The topological polar surface area (TPSA) is 77.0 Å². The van der Waals surface area contributed by atoms with E-state index >= 15 is 0 Å². The van der Waals surface area contributed by atoms with Gasteiger partial charge >= 0.3 is 5.97 Å². The molecular formula is C22H21N3O3S. The second kappa shape index (κ2) is 7.40. The average molecular weight is 407 g/mol. The number of hydrogen-bond donors (Lipinski definition) is 1. The fraction of sp³-hybridized carbons (Fsp3) is 0.227. The normalized spacial score (nSPS) is 12.4. The number of rotatable bonds is 4. The first-order valence-corrected chi connectivity index (χ1v) is 10.1. The van der Waals surface area contributed by atoms with Crippen LogP contribution in [-0.2, 0) is 9.53 Å². The van der Waals surface area contributed by atoms with Crippen LogP contribution in [-0.4, -0.2) is 32.9 Å². The zero-order valence-corrected chi connectivity index (χ0v) is 17.5. The predicted octanol–water partition coefficient (Wildman–Crippen LogP) is 4.14. The predicted molar refractivity (Wildman–Crippen MR) is 116 cm³/mol. The Hall–Kier alpha value is -3.06. The van der Waals surface area contributed by atoms with Crippen LogP contribution >= 0.6 is 11.8 Å². The van der Waals surface area contributed by atoms with Crippen molar-refractivity contribution in [1.29, 1.82) is 0 Å². The number of aryl methyl sites for hydroxylation is 2. The van der Waals surface area contributed by atoms with Crippen LogP contribution in [0.4, 0.5) is 0 Å². The molecular weight excluding hydrogens is 386 g/mol. The van der Waals surface area contributed by atoms with E-state index in [1.807, 2.05) is 56.3 Å². The number of H-pyrrole nitrogens is 1. The minimum absolute atomic E-state index is 0.195. The number of aromatic amines is 1. The molecule has 1 N–H and O–H groups in total. The fourth-order valence-electron chi connectivity index (χ4n) is 3.37. The molecule has 7 heteroatoms. The summed E-state index contributed by atoms with van der Waals surface area (Å²) in [7, 11) is 1.35. The van der Waals surface area contributed by atoms with Crippen LogP contribution in [0.5, 0.6) is 0 Å². The zero-order chi connectivity index (χ0) is 20.7. The van der Waals surface area contributed by atoms with Gasteiger partial charge in [-0.2, -0.15) is 0 Å². The summed E-state index contributed by atoms with van der Waals surface area (Å²) in [6.07, 6.45) is 0. The van der Waals surface area contributed by atoms with Crippen LogP contribution in [0.3, 0.4) is 0 Å². The molecule has 2 heterocycles. The number of thioether (sulfide) groups is 1. The maximum atomic E-state index is 13.6. The van der Waals surface area contributed by atoms with Gasteiger partial charge in [0, 0.05) is 10.9 Å². The summed E-state index contributed by atoms with van der Waals surface area (Å²) < 4.78 is 6.45. The van der Waals surface area contributed by atoms with Gasteiger partial charge in [0.2, 0.25) is 0 Å². The molecule has 0 aliphatic rings. The highest BCUT2D eigenvalue weighted by molar-refractivity contribution is 8.00. The van der Waals surface area contributed by atoms with E-state index in [0.717, 1.165) is 27.7 Å². The van der Waals surface area contributed by atoms with E-state index in [0.29, 0.717) is 16.2 Å². The molecule has 2 aromatic carbocycles. The maximum Gasteiger partial charge on any atom is 0.318 e. The molecule has 6 nitrogen and oxygen atoms in total. The number of para-hydroxylation sites is 1. The number of ether oxygens (including phenoxy) is 1. The number of fused-ring (bicyclic) bond motifs is 3. The summed E-state index contributed by atoms with van der Waals surface area (Å²) in [5.74, 6) is -0.365. The number of carbonyl (C=O) groups excluding carboxylic acids is 1. The minimum atomic E-state index is -0.508. The van der Waals surface area contributed by atoms with Gasteiger partial charge in [0.15, 0.2) is 5.16 Å². The molecule has 4 aromatic rings. The van der Waals surface area contributed by atoms with Crippen LogP contribution in [0, 0.1) is 13.8 Å². The number of nitrogens with one attached hydrogen (secondary N) is 1. The van der Waals surface area contributed by atoms with Crippen molar-refractivity contribution in [3.63, 3.8) is 0 Å². The first-order valence-electron chi connectivity index (χ1n) is 9.26. The summed E-state index contributed by atoms with van der Waals surface area (Å²) in [4.78, 5) is 33.6. The summed E-state index contributed by atoms with van der Waals surface area (Å²) in [5, 5.41) is 0.824. The molecule has 0 radical (unpaired) electrons. The van der Waals surface area contributed by atoms with E-state index in [-0.39, 0.29) is 11.5 Å². The number of hydrogen-bond acceptors (Lipinski definition) is 5. The van der Waals surface area contributed by atoms with Crippen LogP contribution in [0.1, 0.15) is 18.1 Å². The van der Waals surface area contributed by atoms with Crippen molar-refractivity contribution in [3.05, 3.63) is 63.9 Å². The molecule has 2 aromatic heterocycles. The molecule has 0 fully saturated rings. The van der Waals surface area contributed by atoms with Crippen LogP contribution in [0.15, 0.2) is 52.4 Å². The quantitative estimate of drug-likeness (QED) is 0.313. The van der Waals surface area contributed by atoms with E-state index in [9.17, 15) is 9.59 Å². The molecule has 0 amide bonds. The Morgan fingerprint density at radius 2 is 1.97 bits per heavy atom. The number of carbonyl (C=O) groups is 1. The van der Waals surface area contributed by atoms with Gasteiger partial charge in [0.05, 0.1) is 12.8 Å². The maximum absolute atomic E-state index is 13.6. The SMILES string of the molecule is COC(=O)[C@@H](C)Sc1nc2c([nH]c3ccccc32)c(=O)n1-c1cc(C)ccc1C. The fourth-order valence-corrected chi connectivity index (χ4v) is 4.31. The van der Waals surface area contributed by atoms with Crippen LogP contribution in [0.2, 0.25) is 0 Å². The summed E-state index contributed by atoms with van der Waals surface area (Å²) in [5.41, 5.74) is 4.44. The zero-order valence-electron chi connectivity index (χ0n) is 16.6. The van der Waals surface area contributed by atoms with Gasteiger partial charge in [-0.1, -0.05) is 42.1 Å². The molecule has 29 heavy (non-hydrogen) atoms. The monoisotopic (exact) mass is 407 g/mol. The van der Waals surface area contributed by atoms with E-state index in [2.05, 4.69) is 4.98 Å². The Morgan fingerprint density at radius 1 is 1.21 bits per heavy atom. The molecule has 0 unspecified atom stereocenters. The number of esters is 1. The highest BCUT2D eigenvalue weighted by Gasteiger charge is 2.23. The molecule has 0 spiro atoms. The number of methoxy groups -OCH3 is 1. The lowest BCUT2D eigenvalue weighted by Gasteiger charge is -2.16. The van der Waals surface area contributed by atoms with E-state index in [4.69, 9.17) is 9.72 Å². The van der Waals surface area contributed by atoms with E-state index in [1.54, 1.807) is 11.5 Å². The Labute approximate surface area is 171 Å². The molecule has 1 atom stereocenters. The molecule has 0 saturated carbocycles. The third-order valence-electron chi connectivity index (χ3n) is 4.92. The highest BCUT2D eigenvalue weighted by Crippen LogP contribution is 2.29. The van der Waals surface area contributed by atoms with Gasteiger partial charge in [0.25, 0.3) is 5.56 Å². The number of aromatic nitrogens is 3. The van der Waals surface area contributed by atoms with E-state index in [1.165, 1.54) is 18.9 Å². The third-order valence-corrected chi connectivity index (χ3v) is 5.95. The van der Waals surface area contributed by atoms with Crippen molar-refractivity contribution in [3.8, 4) is 5.69 Å². The van der Waals surface area contributed by atoms with Gasteiger partial charge in [0.1, 0.15) is 16.3 Å². The van der Waals surface area contributed by atoms with Crippen molar-refractivity contribution in [2.75, 3.05) is 7.11 Å². The molecule has 148 valence electrons. The first-order chi connectivity index (χ1) is 13.9. The largest absolute Gasteiger partial charge is 0.468 e. The Balaban J connectivity index is 2.06. The highest BCUT2D eigenvalue weighted by atomic mass is 32.2. The number of benzene rings is 2. The Bertz CT molecular complexity index is 1310.